The number of thiazole rings is 1. The lowest BCUT2D eigenvalue weighted by atomic mass is 10.1. The molecule has 0 fully saturated rings. The molecule has 3 rings (SSSR count). The molecule has 0 radical (unpaired) electrons. The van der Waals surface area contributed by atoms with Gasteiger partial charge in [-0.15, -0.1) is 11.3 Å². The van der Waals surface area contributed by atoms with Crippen LogP contribution in [0.3, 0.4) is 0 Å². The average molecular weight is 287 g/mol. The van der Waals surface area contributed by atoms with Crippen molar-refractivity contribution in [3.05, 3.63) is 40.4 Å². The molecule has 0 saturated heterocycles. The highest BCUT2D eigenvalue weighted by Gasteiger charge is 2.33. The van der Waals surface area contributed by atoms with Crippen molar-refractivity contribution in [1.82, 2.24) is 4.98 Å². The van der Waals surface area contributed by atoms with E-state index in [0.717, 1.165) is 29.1 Å². The largest absolute Gasteiger partial charge is 0.465 e. The van der Waals surface area contributed by atoms with Gasteiger partial charge in [0, 0.05) is 10.4 Å². The summed E-state index contributed by atoms with van der Waals surface area (Å²) in [6, 6.07) is 8.23. The molecule has 1 heterocycles. The van der Waals surface area contributed by atoms with Gasteiger partial charge in [-0.25, -0.2) is 4.98 Å². The molecular formula is C16H17NO2S. The van der Waals surface area contributed by atoms with Gasteiger partial charge in [-0.1, -0.05) is 24.3 Å². The lowest BCUT2D eigenvalue weighted by molar-refractivity contribution is -0.145. The summed E-state index contributed by atoms with van der Waals surface area (Å²) in [6.45, 7) is 4.36. The van der Waals surface area contributed by atoms with Gasteiger partial charge in [-0.2, -0.15) is 0 Å². The third kappa shape index (κ3) is 2.24. The molecule has 1 aromatic carbocycles. The third-order valence-electron chi connectivity index (χ3n) is 3.66. The molecule has 1 atom stereocenters. The smallest absolute Gasteiger partial charge is 0.315 e. The molecule has 1 aliphatic carbocycles. The summed E-state index contributed by atoms with van der Waals surface area (Å²) < 4.78 is 5.15. The Morgan fingerprint density at radius 3 is 3.00 bits per heavy atom. The van der Waals surface area contributed by atoms with Crippen molar-refractivity contribution >= 4 is 17.3 Å². The number of aromatic nitrogens is 1. The second kappa shape index (κ2) is 5.37. The fourth-order valence-corrected chi connectivity index (χ4v) is 3.86. The van der Waals surface area contributed by atoms with E-state index in [1.807, 2.05) is 19.1 Å². The van der Waals surface area contributed by atoms with Crippen molar-refractivity contribution in [2.24, 2.45) is 0 Å². The Balaban J connectivity index is 1.94. The molecule has 3 nitrogen and oxygen atoms in total. The summed E-state index contributed by atoms with van der Waals surface area (Å²) in [5.74, 6) is -0.299. The Kier molecular flexibility index (Phi) is 3.57. The second-order valence-corrected chi connectivity index (χ2v) is 6.07. The summed E-state index contributed by atoms with van der Waals surface area (Å²) in [4.78, 5) is 17.9. The fraction of sp³-hybridized carbons (Fsp3) is 0.375. The van der Waals surface area contributed by atoms with Crippen LogP contribution in [0.4, 0.5) is 0 Å². The molecule has 0 N–H and O–H groups in total. The number of ether oxygens (including phenoxy) is 1. The van der Waals surface area contributed by atoms with Gasteiger partial charge >= 0.3 is 5.97 Å². The Morgan fingerprint density at radius 1 is 1.45 bits per heavy atom. The van der Waals surface area contributed by atoms with Gasteiger partial charge in [0.2, 0.25) is 0 Å². The first-order valence-corrected chi connectivity index (χ1v) is 7.74. The van der Waals surface area contributed by atoms with Gasteiger partial charge < -0.3 is 4.74 Å². The van der Waals surface area contributed by atoms with Gasteiger partial charge in [0.1, 0.15) is 10.9 Å². The number of rotatable bonds is 3. The van der Waals surface area contributed by atoms with Crippen LogP contribution in [0.2, 0.25) is 0 Å². The number of esters is 1. The standard InChI is InChI=1S/C16H17NO2S/c1-3-19-16(18)12-8-9-13-14(12)17-15(20-13)11-7-5-4-6-10(11)2/h4-7,12H,3,8-9H2,1-2H3. The Hall–Kier alpha value is -1.68. The van der Waals surface area contributed by atoms with E-state index in [1.165, 1.54) is 10.4 Å². The van der Waals surface area contributed by atoms with Gasteiger partial charge in [0.05, 0.1) is 12.3 Å². The highest BCUT2D eigenvalue weighted by atomic mass is 32.1. The van der Waals surface area contributed by atoms with E-state index in [-0.39, 0.29) is 11.9 Å². The topological polar surface area (TPSA) is 39.2 Å². The van der Waals surface area contributed by atoms with Crippen molar-refractivity contribution in [1.29, 1.82) is 0 Å². The monoisotopic (exact) mass is 287 g/mol. The molecule has 0 spiro atoms. The first-order chi connectivity index (χ1) is 9.70. The third-order valence-corrected chi connectivity index (χ3v) is 4.83. The number of hydrogen-bond acceptors (Lipinski definition) is 4. The van der Waals surface area contributed by atoms with Crippen molar-refractivity contribution in [3.8, 4) is 10.6 Å². The van der Waals surface area contributed by atoms with Gasteiger partial charge in [-0.3, -0.25) is 4.79 Å². The van der Waals surface area contributed by atoms with Crippen LogP contribution in [0.5, 0.6) is 0 Å². The maximum absolute atomic E-state index is 12.0. The summed E-state index contributed by atoms with van der Waals surface area (Å²) >= 11 is 1.71. The minimum Gasteiger partial charge on any atom is -0.465 e. The molecule has 0 saturated carbocycles. The SMILES string of the molecule is CCOC(=O)C1CCc2sc(-c3ccccc3C)nc21. The van der Waals surface area contributed by atoms with Crippen molar-refractivity contribution in [2.45, 2.75) is 32.6 Å². The van der Waals surface area contributed by atoms with Crippen LogP contribution in [-0.4, -0.2) is 17.6 Å². The minimum absolute atomic E-state index is 0.132. The van der Waals surface area contributed by atoms with Crippen LogP contribution >= 0.6 is 11.3 Å². The highest BCUT2D eigenvalue weighted by molar-refractivity contribution is 7.15. The first-order valence-electron chi connectivity index (χ1n) is 6.93. The van der Waals surface area contributed by atoms with Gasteiger partial charge in [-0.05, 0) is 32.3 Å². The lowest BCUT2D eigenvalue weighted by Crippen LogP contribution is -2.14. The summed E-state index contributed by atoms with van der Waals surface area (Å²) in [5, 5.41) is 1.02. The zero-order valence-electron chi connectivity index (χ0n) is 11.7. The van der Waals surface area contributed by atoms with Crippen LogP contribution < -0.4 is 0 Å². The summed E-state index contributed by atoms with van der Waals surface area (Å²) in [5.41, 5.74) is 3.31. The predicted molar refractivity (Wildman–Crippen MR) is 80.0 cm³/mol. The lowest BCUT2D eigenvalue weighted by Gasteiger charge is -2.08. The highest BCUT2D eigenvalue weighted by Crippen LogP contribution is 2.40. The number of fused-ring (bicyclic) bond motifs is 1. The normalized spacial score (nSPS) is 17.0. The van der Waals surface area contributed by atoms with Crippen molar-refractivity contribution in [3.63, 3.8) is 0 Å². The van der Waals surface area contributed by atoms with E-state index in [2.05, 4.69) is 19.1 Å². The molecule has 1 aromatic heterocycles. The van der Waals surface area contributed by atoms with Crippen molar-refractivity contribution in [2.75, 3.05) is 6.61 Å². The van der Waals surface area contributed by atoms with Crippen LogP contribution in [-0.2, 0) is 16.0 Å². The first kappa shape index (κ1) is 13.3. The van der Waals surface area contributed by atoms with E-state index < -0.39 is 0 Å². The number of nitrogens with zero attached hydrogens (tertiary/aromatic N) is 1. The van der Waals surface area contributed by atoms with E-state index in [0.29, 0.717) is 6.61 Å². The van der Waals surface area contributed by atoms with Crippen LogP contribution in [0.1, 0.15) is 35.4 Å². The zero-order chi connectivity index (χ0) is 14.1. The van der Waals surface area contributed by atoms with E-state index in [9.17, 15) is 4.79 Å². The summed E-state index contributed by atoms with van der Waals surface area (Å²) in [7, 11) is 0. The van der Waals surface area contributed by atoms with E-state index in [4.69, 9.17) is 9.72 Å². The van der Waals surface area contributed by atoms with Crippen LogP contribution in [0.15, 0.2) is 24.3 Å². The quantitative estimate of drug-likeness (QED) is 0.808. The fourth-order valence-electron chi connectivity index (χ4n) is 2.63. The second-order valence-electron chi connectivity index (χ2n) is 4.99. The molecule has 1 aliphatic rings. The molecular weight excluding hydrogens is 270 g/mol. The Morgan fingerprint density at radius 2 is 2.25 bits per heavy atom. The van der Waals surface area contributed by atoms with E-state index in [1.54, 1.807) is 11.3 Å². The molecule has 0 bridgehead atoms. The Bertz CT molecular complexity index is 648. The van der Waals surface area contributed by atoms with Crippen LogP contribution in [0, 0.1) is 6.92 Å². The molecule has 2 aromatic rings. The predicted octanol–water partition coefficient (Wildman–Crippen LogP) is 3.71. The van der Waals surface area contributed by atoms with Gasteiger partial charge in [0.15, 0.2) is 0 Å². The van der Waals surface area contributed by atoms with Crippen LogP contribution in [0.25, 0.3) is 10.6 Å². The minimum atomic E-state index is -0.168. The maximum Gasteiger partial charge on any atom is 0.315 e. The summed E-state index contributed by atoms with van der Waals surface area (Å²) in [6.07, 6.45) is 1.77. The molecule has 1 unspecified atom stereocenters. The number of hydrogen-bond donors (Lipinski definition) is 0. The molecule has 4 heteroatoms. The Labute approximate surface area is 122 Å². The molecule has 0 amide bonds. The van der Waals surface area contributed by atoms with E-state index >= 15 is 0 Å². The van der Waals surface area contributed by atoms with Crippen molar-refractivity contribution < 1.29 is 9.53 Å². The number of benzene rings is 1. The number of carbonyl (C=O) groups excluding carboxylic acids is 1. The molecule has 0 aliphatic heterocycles. The average Bonchev–Trinajstić information content (AvgIpc) is 2.99. The van der Waals surface area contributed by atoms with Gasteiger partial charge in [0.25, 0.3) is 0 Å². The molecule has 20 heavy (non-hydrogen) atoms. The number of aryl methyl sites for hydroxylation is 2. The number of carbonyl (C=O) groups is 1. The zero-order valence-corrected chi connectivity index (χ0v) is 12.5. The maximum atomic E-state index is 12.0. The molecule has 104 valence electrons.